The standard InChI is InChI=1S/C12H23N3O2/c1-4-5-13-6-10(2)7-15-9-11(16)14(3)8-12(15)17/h10,13H,4-9H2,1-3H3. The zero-order valence-electron chi connectivity index (χ0n) is 11.0. The third kappa shape index (κ3) is 4.34. The van der Waals surface area contributed by atoms with Gasteiger partial charge in [-0.25, -0.2) is 0 Å². The molecule has 0 aromatic carbocycles. The molecule has 5 heteroatoms. The van der Waals surface area contributed by atoms with Crippen LogP contribution >= 0.6 is 0 Å². The number of piperazine rings is 1. The molecule has 2 amide bonds. The molecule has 0 radical (unpaired) electrons. The van der Waals surface area contributed by atoms with E-state index in [-0.39, 0.29) is 24.9 Å². The Bertz CT molecular complexity index is 281. The highest BCUT2D eigenvalue weighted by molar-refractivity contribution is 5.92. The van der Waals surface area contributed by atoms with E-state index in [4.69, 9.17) is 0 Å². The van der Waals surface area contributed by atoms with Gasteiger partial charge in [-0.1, -0.05) is 13.8 Å². The lowest BCUT2D eigenvalue weighted by atomic mass is 10.1. The zero-order chi connectivity index (χ0) is 12.8. The number of carbonyl (C=O) groups is 2. The van der Waals surface area contributed by atoms with Crippen LogP contribution in [0, 0.1) is 5.92 Å². The second kappa shape index (κ2) is 6.59. The van der Waals surface area contributed by atoms with Crippen molar-refractivity contribution < 1.29 is 9.59 Å². The molecule has 1 heterocycles. The maximum Gasteiger partial charge on any atom is 0.242 e. The van der Waals surface area contributed by atoms with Gasteiger partial charge in [-0.15, -0.1) is 0 Å². The van der Waals surface area contributed by atoms with E-state index >= 15 is 0 Å². The number of nitrogens with zero attached hydrogens (tertiary/aromatic N) is 2. The van der Waals surface area contributed by atoms with Crippen molar-refractivity contribution in [2.75, 3.05) is 39.8 Å². The van der Waals surface area contributed by atoms with E-state index in [2.05, 4.69) is 19.2 Å². The lowest BCUT2D eigenvalue weighted by molar-refractivity contribution is -0.149. The summed E-state index contributed by atoms with van der Waals surface area (Å²) in [7, 11) is 1.67. The fourth-order valence-electron chi connectivity index (χ4n) is 1.90. The van der Waals surface area contributed by atoms with Gasteiger partial charge in [0.05, 0.1) is 13.1 Å². The highest BCUT2D eigenvalue weighted by Crippen LogP contribution is 2.06. The van der Waals surface area contributed by atoms with Crippen LogP contribution in [0.5, 0.6) is 0 Å². The molecule has 0 aromatic heterocycles. The van der Waals surface area contributed by atoms with Gasteiger partial charge in [0.2, 0.25) is 11.8 Å². The van der Waals surface area contributed by atoms with Crippen molar-refractivity contribution in [2.24, 2.45) is 5.92 Å². The molecule has 0 aromatic rings. The molecule has 5 nitrogen and oxygen atoms in total. The van der Waals surface area contributed by atoms with Crippen molar-refractivity contribution >= 4 is 11.8 Å². The number of nitrogens with one attached hydrogen (secondary N) is 1. The third-order valence-electron chi connectivity index (χ3n) is 2.93. The number of carbonyl (C=O) groups excluding carboxylic acids is 2. The van der Waals surface area contributed by atoms with Crippen LogP contribution in [0.25, 0.3) is 0 Å². The van der Waals surface area contributed by atoms with Crippen LogP contribution in [-0.2, 0) is 9.59 Å². The summed E-state index contributed by atoms with van der Waals surface area (Å²) in [6.45, 7) is 7.22. The van der Waals surface area contributed by atoms with Gasteiger partial charge < -0.3 is 15.1 Å². The van der Waals surface area contributed by atoms with E-state index in [1.807, 2.05) is 0 Å². The SMILES string of the molecule is CCCNCC(C)CN1CC(=O)N(C)CC1=O. The molecule has 0 bridgehead atoms. The second-order valence-electron chi connectivity index (χ2n) is 4.83. The zero-order valence-corrected chi connectivity index (χ0v) is 11.0. The summed E-state index contributed by atoms with van der Waals surface area (Å²) >= 11 is 0. The highest BCUT2D eigenvalue weighted by Gasteiger charge is 2.27. The largest absolute Gasteiger partial charge is 0.335 e. The maximum absolute atomic E-state index is 11.7. The Labute approximate surface area is 103 Å². The van der Waals surface area contributed by atoms with Crippen LogP contribution in [0.1, 0.15) is 20.3 Å². The van der Waals surface area contributed by atoms with Crippen LogP contribution in [0.2, 0.25) is 0 Å². The van der Waals surface area contributed by atoms with E-state index in [0.29, 0.717) is 12.5 Å². The molecule has 1 N–H and O–H groups in total. The normalized spacial score (nSPS) is 18.8. The van der Waals surface area contributed by atoms with Crippen molar-refractivity contribution in [3.63, 3.8) is 0 Å². The second-order valence-corrected chi connectivity index (χ2v) is 4.83. The van der Waals surface area contributed by atoms with Crippen molar-refractivity contribution in [1.29, 1.82) is 0 Å². The molecular weight excluding hydrogens is 218 g/mol. The van der Waals surface area contributed by atoms with Crippen molar-refractivity contribution in [2.45, 2.75) is 20.3 Å². The fourth-order valence-corrected chi connectivity index (χ4v) is 1.90. The monoisotopic (exact) mass is 241 g/mol. The first kappa shape index (κ1) is 14.0. The molecule has 1 saturated heterocycles. The molecule has 0 aliphatic carbocycles. The fraction of sp³-hybridized carbons (Fsp3) is 0.833. The number of rotatable bonds is 6. The average Bonchev–Trinajstić information content (AvgIpc) is 2.26. The summed E-state index contributed by atoms with van der Waals surface area (Å²) < 4.78 is 0. The number of amides is 2. The van der Waals surface area contributed by atoms with Crippen LogP contribution in [0.4, 0.5) is 0 Å². The Morgan fingerprint density at radius 2 is 2.00 bits per heavy atom. The number of hydrogen-bond donors (Lipinski definition) is 1. The molecular formula is C12H23N3O2. The van der Waals surface area contributed by atoms with E-state index in [9.17, 15) is 9.59 Å². The molecule has 1 atom stereocenters. The number of hydrogen-bond acceptors (Lipinski definition) is 3. The predicted octanol–water partition coefficient (Wildman–Crippen LogP) is -0.0773. The minimum atomic E-state index is 0.0262. The molecule has 17 heavy (non-hydrogen) atoms. The maximum atomic E-state index is 11.7. The van der Waals surface area contributed by atoms with Gasteiger partial charge in [-0.2, -0.15) is 0 Å². The van der Waals surface area contributed by atoms with Crippen LogP contribution in [0.15, 0.2) is 0 Å². The lowest BCUT2D eigenvalue weighted by Gasteiger charge is -2.33. The smallest absolute Gasteiger partial charge is 0.242 e. The quantitative estimate of drug-likeness (QED) is 0.662. The van der Waals surface area contributed by atoms with E-state index < -0.39 is 0 Å². The first-order valence-corrected chi connectivity index (χ1v) is 6.27. The van der Waals surface area contributed by atoms with Crippen LogP contribution in [0.3, 0.4) is 0 Å². The van der Waals surface area contributed by atoms with Crippen molar-refractivity contribution in [3.05, 3.63) is 0 Å². The molecule has 1 unspecified atom stereocenters. The Morgan fingerprint density at radius 3 is 2.65 bits per heavy atom. The summed E-state index contributed by atoms with van der Waals surface area (Å²) in [5.74, 6) is 0.453. The van der Waals surface area contributed by atoms with Gasteiger partial charge in [0.1, 0.15) is 0 Å². The van der Waals surface area contributed by atoms with E-state index in [1.54, 1.807) is 11.9 Å². The highest BCUT2D eigenvalue weighted by atomic mass is 16.2. The van der Waals surface area contributed by atoms with Gasteiger partial charge in [0.25, 0.3) is 0 Å². The summed E-state index contributed by atoms with van der Waals surface area (Å²) in [4.78, 5) is 26.4. The Balaban J connectivity index is 2.34. The molecule has 1 fully saturated rings. The first-order valence-electron chi connectivity index (χ1n) is 6.27. The van der Waals surface area contributed by atoms with Gasteiger partial charge in [-0.05, 0) is 25.4 Å². The van der Waals surface area contributed by atoms with E-state index in [0.717, 1.165) is 19.5 Å². The summed E-state index contributed by atoms with van der Waals surface area (Å²) in [6, 6.07) is 0. The van der Waals surface area contributed by atoms with Crippen LogP contribution < -0.4 is 5.32 Å². The predicted molar refractivity (Wildman–Crippen MR) is 66.5 cm³/mol. The first-order chi connectivity index (χ1) is 8.04. The summed E-state index contributed by atoms with van der Waals surface area (Å²) in [5, 5.41) is 3.33. The lowest BCUT2D eigenvalue weighted by Crippen LogP contribution is -2.53. The third-order valence-corrected chi connectivity index (χ3v) is 2.93. The van der Waals surface area contributed by atoms with E-state index in [1.165, 1.54) is 4.90 Å². The Kier molecular flexibility index (Phi) is 5.41. The summed E-state index contributed by atoms with van der Waals surface area (Å²) in [5.41, 5.74) is 0. The topological polar surface area (TPSA) is 52.7 Å². The van der Waals surface area contributed by atoms with Gasteiger partial charge in [0.15, 0.2) is 0 Å². The van der Waals surface area contributed by atoms with Gasteiger partial charge in [-0.3, -0.25) is 9.59 Å². The molecule has 1 aliphatic heterocycles. The molecule has 1 aliphatic rings. The molecule has 98 valence electrons. The molecule has 0 saturated carbocycles. The Hall–Kier alpha value is -1.10. The number of likely N-dealkylation sites (N-methyl/N-ethyl adjacent to an activating group) is 1. The van der Waals surface area contributed by atoms with Crippen molar-refractivity contribution in [3.8, 4) is 0 Å². The molecule has 1 rings (SSSR count). The van der Waals surface area contributed by atoms with Gasteiger partial charge >= 0.3 is 0 Å². The molecule has 0 spiro atoms. The summed E-state index contributed by atoms with van der Waals surface area (Å²) in [6.07, 6.45) is 1.11. The minimum absolute atomic E-state index is 0.0262. The van der Waals surface area contributed by atoms with Crippen molar-refractivity contribution in [1.82, 2.24) is 15.1 Å². The van der Waals surface area contributed by atoms with Gasteiger partial charge in [0, 0.05) is 13.6 Å². The Morgan fingerprint density at radius 1 is 1.29 bits per heavy atom. The van der Waals surface area contributed by atoms with Crippen LogP contribution in [-0.4, -0.2) is 61.4 Å². The minimum Gasteiger partial charge on any atom is -0.335 e. The average molecular weight is 241 g/mol.